The maximum Gasteiger partial charge on any atom is 0.227 e. The van der Waals surface area contributed by atoms with Crippen LogP contribution in [-0.4, -0.2) is 19.1 Å². The Balaban J connectivity index is 2.05. The number of rotatable bonds is 8. The van der Waals surface area contributed by atoms with Crippen molar-refractivity contribution in [3.63, 3.8) is 0 Å². The van der Waals surface area contributed by atoms with E-state index in [0.717, 1.165) is 30.7 Å². The standard InChI is InChI=1S/C17H25NO3/c1-4-8-20-15-7-6-13(11-16(15)21-9-5-2)18-17(19)14-10-12(14)3/h6-7,11-12,14H,4-5,8-10H2,1-3H3,(H,18,19). The van der Waals surface area contributed by atoms with Gasteiger partial charge < -0.3 is 14.8 Å². The highest BCUT2D eigenvalue weighted by molar-refractivity contribution is 5.94. The minimum atomic E-state index is 0.103. The van der Waals surface area contributed by atoms with Crippen LogP contribution < -0.4 is 14.8 Å². The molecule has 1 saturated carbocycles. The molecule has 0 saturated heterocycles. The van der Waals surface area contributed by atoms with E-state index in [2.05, 4.69) is 26.1 Å². The number of carbonyl (C=O) groups is 1. The Morgan fingerprint density at radius 2 is 1.81 bits per heavy atom. The van der Waals surface area contributed by atoms with E-state index in [9.17, 15) is 4.79 Å². The number of amides is 1. The highest BCUT2D eigenvalue weighted by Crippen LogP contribution is 2.39. The fourth-order valence-corrected chi connectivity index (χ4v) is 2.16. The van der Waals surface area contributed by atoms with Gasteiger partial charge >= 0.3 is 0 Å². The molecule has 21 heavy (non-hydrogen) atoms. The first-order chi connectivity index (χ1) is 10.2. The van der Waals surface area contributed by atoms with Crippen molar-refractivity contribution in [1.82, 2.24) is 0 Å². The second-order valence-corrected chi connectivity index (χ2v) is 5.67. The maximum atomic E-state index is 12.0. The van der Waals surface area contributed by atoms with Crippen LogP contribution in [0, 0.1) is 11.8 Å². The summed E-state index contributed by atoms with van der Waals surface area (Å²) in [5, 5.41) is 2.96. The molecule has 1 aliphatic rings. The Kier molecular flexibility index (Phi) is 5.48. The van der Waals surface area contributed by atoms with Crippen LogP contribution in [0.1, 0.15) is 40.0 Å². The summed E-state index contributed by atoms with van der Waals surface area (Å²) >= 11 is 0. The van der Waals surface area contributed by atoms with E-state index in [1.165, 1.54) is 0 Å². The van der Waals surface area contributed by atoms with Gasteiger partial charge in [-0.15, -0.1) is 0 Å². The number of nitrogens with one attached hydrogen (secondary N) is 1. The Labute approximate surface area is 126 Å². The zero-order valence-electron chi connectivity index (χ0n) is 13.1. The Bertz CT molecular complexity index is 487. The van der Waals surface area contributed by atoms with E-state index < -0.39 is 0 Å². The number of carbonyl (C=O) groups excluding carboxylic acids is 1. The first-order valence-corrected chi connectivity index (χ1v) is 7.86. The van der Waals surface area contributed by atoms with Gasteiger partial charge in [0.15, 0.2) is 11.5 Å². The van der Waals surface area contributed by atoms with E-state index in [0.29, 0.717) is 24.9 Å². The number of hydrogen-bond acceptors (Lipinski definition) is 3. The molecule has 0 aromatic heterocycles. The summed E-state index contributed by atoms with van der Waals surface area (Å²) in [5.41, 5.74) is 0.772. The fourth-order valence-electron chi connectivity index (χ4n) is 2.16. The zero-order chi connectivity index (χ0) is 15.2. The lowest BCUT2D eigenvalue weighted by atomic mass is 10.2. The second kappa shape index (κ2) is 7.34. The summed E-state index contributed by atoms with van der Waals surface area (Å²) < 4.78 is 11.4. The van der Waals surface area contributed by atoms with Crippen molar-refractivity contribution in [3.05, 3.63) is 18.2 Å². The quantitative estimate of drug-likeness (QED) is 0.791. The van der Waals surface area contributed by atoms with Gasteiger partial charge in [0.2, 0.25) is 5.91 Å². The molecule has 0 radical (unpaired) electrons. The van der Waals surface area contributed by atoms with Crippen LogP contribution in [0.25, 0.3) is 0 Å². The normalized spacial score (nSPS) is 20.0. The minimum absolute atomic E-state index is 0.103. The predicted octanol–water partition coefficient (Wildman–Crippen LogP) is 3.86. The van der Waals surface area contributed by atoms with Gasteiger partial charge in [-0.2, -0.15) is 0 Å². The summed E-state index contributed by atoms with van der Waals surface area (Å²) in [6.45, 7) is 7.53. The van der Waals surface area contributed by atoms with E-state index in [1.807, 2.05) is 18.2 Å². The van der Waals surface area contributed by atoms with Gasteiger partial charge in [-0.1, -0.05) is 20.8 Å². The molecule has 4 nitrogen and oxygen atoms in total. The van der Waals surface area contributed by atoms with Gasteiger partial charge in [0, 0.05) is 17.7 Å². The highest BCUT2D eigenvalue weighted by atomic mass is 16.5. The first-order valence-electron chi connectivity index (χ1n) is 7.86. The lowest BCUT2D eigenvalue weighted by molar-refractivity contribution is -0.117. The third kappa shape index (κ3) is 4.38. The number of anilines is 1. The third-order valence-electron chi connectivity index (χ3n) is 3.58. The van der Waals surface area contributed by atoms with Crippen molar-refractivity contribution in [2.75, 3.05) is 18.5 Å². The highest BCUT2D eigenvalue weighted by Gasteiger charge is 2.39. The van der Waals surface area contributed by atoms with Crippen molar-refractivity contribution in [2.45, 2.75) is 40.0 Å². The summed E-state index contributed by atoms with van der Waals surface area (Å²) in [4.78, 5) is 12.0. The Hall–Kier alpha value is -1.71. The van der Waals surface area contributed by atoms with Crippen LogP contribution in [-0.2, 0) is 4.79 Å². The molecule has 2 rings (SSSR count). The summed E-state index contributed by atoms with van der Waals surface area (Å²) in [7, 11) is 0. The molecular formula is C17H25NO3. The van der Waals surface area contributed by atoms with Crippen molar-refractivity contribution >= 4 is 11.6 Å². The first kappa shape index (κ1) is 15.7. The van der Waals surface area contributed by atoms with E-state index in [-0.39, 0.29) is 11.8 Å². The van der Waals surface area contributed by atoms with Crippen LogP contribution >= 0.6 is 0 Å². The van der Waals surface area contributed by atoms with Crippen LogP contribution in [0.15, 0.2) is 18.2 Å². The number of benzene rings is 1. The smallest absolute Gasteiger partial charge is 0.227 e. The van der Waals surface area contributed by atoms with E-state index in [1.54, 1.807) is 0 Å². The molecule has 1 aliphatic carbocycles. The number of hydrogen-bond donors (Lipinski definition) is 1. The molecule has 0 heterocycles. The minimum Gasteiger partial charge on any atom is -0.490 e. The van der Waals surface area contributed by atoms with Crippen molar-refractivity contribution < 1.29 is 14.3 Å². The average molecular weight is 291 g/mol. The molecule has 2 atom stereocenters. The molecule has 1 fully saturated rings. The maximum absolute atomic E-state index is 12.0. The SMILES string of the molecule is CCCOc1ccc(NC(=O)C2CC2C)cc1OCCC. The van der Waals surface area contributed by atoms with Crippen LogP contribution in [0.4, 0.5) is 5.69 Å². The average Bonchev–Trinajstić information content (AvgIpc) is 3.21. The summed E-state index contributed by atoms with van der Waals surface area (Å²) in [5.74, 6) is 2.22. The van der Waals surface area contributed by atoms with Crippen LogP contribution in [0.2, 0.25) is 0 Å². The lowest BCUT2D eigenvalue weighted by Crippen LogP contribution is -2.14. The molecular weight excluding hydrogens is 266 g/mol. The van der Waals surface area contributed by atoms with Crippen molar-refractivity contribution in [1.29, 1.82) is 0 Å². The molecule has 0 bridgehead atoms. The summed E-state index contributed by atoms with van der Waals surface area (Å²) in [6.07, 6.45) is 2.87. The van der Waals surface area contributed by atoms with E-state index >= 15 is 0 Å². The Morgan fingerprint density at radius 1 is 1.19 bits per heavy atom. The van der Waals surface area contributed by atoms with Gasteiger partial charge in [0.25, 0.3) is 0 Å². The molecule has 4 heteroatoms. The zero-order valence-corrected chi connectivity index (χ0v) is 13.1. The van der Waals surface area contributed by atoms with Gasteiger partial charge in [0.05, 0.1) is 13.2 Å². The third-order valence-corrected chi connectivity index (χ3v) is 3.58. The lowest BCUT2D eigenvalue weighted by Gasteiger charge is -2.14. The number of ether oxygens (including phenoxy) is 2. The van der Waals surface area contributed by atoms with Crippen LogP contribution in [0.5, 0.6) is 11.5 Å². The molecule has 1 aromatic rings. The molecule has 2 unspecified atom stereocenters. The van der Waals surface area contributed by atoms with E-state index in [4.69, 9.17) is 9.47 Å². The van der Waals surface area contributed by atoms with Crippen molar-refractivity contribution in [3.8, 4) is 11.5 Å². The van der Waals surface area contributed by atoms with Gasteiger partial charge in [-0.3, -0.25) is 4.79 Å². The fraction of sp³-hybridized carbons (Fsp3) is 0.588. The van der Waals surface area contributed by atoms with Gasteiger partial charge in [-0.05, 0) is 37.3 Å². The molecule has 1 N–H and O–H groups in total. The largest absolute Gasteiger partial charge is 0.490 e. The molecule has 116 valence electrons. The molecule has 1 amide bonds. The monoisotopic (exact) mass is 291 g/mol. The Morgan fingerprint density at radius 3 is 2.38 bits per heavy atom. The van der Waals surface area contributed by atoms with Crippen LogP contribution in [0.3, 0.4) is 0 Å². The summed E-state index contributed by atoms with van der Waals surface area (Å²) in [6, 6.07) is 5.59. The molecule has 0 spiro atoms. The molecule has 1 aromatic carbocycles. The van der Waals surface area contributed by atoms with Crippen molar-refractivity contribution in [2.24, 2.45) is 11.8 Å². The van der Waals surface area contributed by atoms with Gasteiger partial charge in [-0.25, -0.2) is 0 Å². The molecule has 0 aliphatic heterocycles. The van der Waals surface area contributed by atoms with Gasteiger partial charge in [0.1, 0.15) is 0 Å². The predicted molar refractivity (Wildman–Crippen MR) is 83.9 cm³/mol. The topological polar surface area (TPSA) is 47.6 Å². The second-order valence-electron chi connectivity index (χ2n) is 5.67.